The zero-order chi connectivity index (χ0) is 26.9. The third-order valence-corrected chi connectivity index (χ3v) is 8.93. The van der Waals surface area contributed by atoms with Gasteiger partial charge in [0.05, 0.1) is 48.3 Å². The maximum absolute atomic E-state index is 14.1. The highest BCUT2D eigenvalue weighted by molar-refractivity contribution is 6.27. The summed E-state index contributed by atoms with van der Waals surface area (Å²) < 4.78 is 11.5. The summed E-state index contributed by atoms with van der Waals surface area (Å²) in [6, 6.07) is 14.0. The molecule has 2 bridgehead atoms. The molecule has 1 saturated carbocycles. The summed E-state index contributed by atoms with van der Waals surface area (Å²) in [4.78, 5) is 58.7. The summed E-state index contributed by atoms with van der Waals surface area (Å²) in [5.74, 6) is -4.02. The fraction of sp³-hybridized carbons (Fsp3) is 0.400. The number of imide groups is 2. The summed E-state index contributed by atoms with van der Waals surface area (Å²) in [7, 11) is 0. The smallest absolute Gasteiger partial charge is 0.238 e. The highest BCUT2D eigenvalue weighted by Crippen LogP contribution is 2.67. The Morgan fingerprint density at radius 3 is 1.55 bits per heavy atom. The van der Waals surface area contributed by atoms with Crippen LogP contribution in [0.15, 0.2) is 60.2 Å². The average molecular weight is 515 g/mol. The largest absolute Gasteiger partial charge is 0.492 e. The summed E-state index contributed by atoms with van der Waals surface area (Å²) in [5, 5.41) is 0. The van der Waals surface area contributed by atoms with E-state index in [0.717, 1.165) is 5.57 Å². The Kier molecular flexibility index (Phi) is 5.49. The molecule has 0 spiro atoms. The molecule has 5 aliphatic rings. The van der Waals surface area contributed by atoms with E-state index in [0.29, 0.717) is 36.1 Å². The van der Waals surface area contributed by atoms with Gasteiger partial charge in [-0.25, -0.2) is 9.80 Å². The zero-order valence-corrected chi connectivity index (χ0v) is 21.8. The fourth-order valence-electron chi connectivity index (χ4n) is 7.32. The van der Waals surface area contributed by atoms with Gasteiger partial charge in [0.2, 0.25) is 23.6 Å². The van der Waals surface area contributed by atoms with E-state index in [4.69, 9.17) is 9.47 Å². The van der Waals surface area contributed by atoms with Gasteiger partial charge in [-0.2, -0.15) is 0 Å². The maximum Gasteiger partial charge on any atom is 0.238 e. The predicted octanol–water partition coefficient (Wildman–Crippen LogP) is 3.99. The molecule has 2 aromatic rings. The van der Waals surface area contributed by atoms with E-state index >= 15 is 0 Å². The van der Waals surface area contributed by atoms with E-state index in [1.54, 1.807) is 48.5 Å². The highest BCUT2D eigenvalue weighted by atomic mass is 16.5. The second kappa shape index (κ2) is 8.55. The van der Waals surface area contributed by atoms with Crippen LogP contribution in [0.3, 0.4) is 0 Å². The monoisotopic (exact) mass is 514 g/mol. The lowest BCUT2D eigenvalue weighted by Gasteiger charge is -2.54. The van der Waals surface area contributed by atoms with Crippen LogP contribution in [-0.4, -0.2) is 36.8 Å². The number of hydrogen-bond donors (Lipinski definition) is 0. The first-order valence-electron chi connectivity index (χ1n) is 13.2. The molecule has 2 saturated heterocycles. The molecule has 3 fully saturated rings. The molecule has 4 amide bonds. The number of ether oxygens (including phenoxy) is 2. The van der Waals surface area contributed by atoms with Gasteiger partial charge in [0, 0.05) is 11.3 Å². The third kappa shape index (κ3) is 2.97. The lowest BCUT2D eigenvalue weighted by molar-refractivity contribution is -0.146. The Balaban J connectivity index is 1.46. The van der Waals surface area contributed by atoms with Crippen LogP contribution < -0.4 is 19.3 Å². The molecule has 0 radical (unpaired) electrons. The molecule has 0 unspecified atom stereocenters. The number of carbonyl (C=O) groups is 4. The van der Waals surface area contributed by atoms with Crippen LogP contribution in [0.2, 0.25) is 0 Å². The van der Waals surface area contributed by atoms with Gasteiger partial charge in [0.15, 0.2) is 0 Å². The van der Waals surface area contributed by atoms with Crippen molar-refractivity contribution in [2.75, 3.05) is 23.0 Å². The summed E-state index contributed by atoms with van der Waals surface area (Å²) in [5.41, 5.74) is 0.671. The second-order valence-electron chi connectivity index (χ2n) is 10.5. The number of benzene rings is 2. The standard InChI is InChI=1S/C30H30N2O6/c1-5-37-20-13-9-7-11-18(20)31-26(33)22-17-15-16(3)30(4,24(22)28(31)35)25-23(17)27(34)32(29(25)36)19-12-8-10-14-21(19)38-6-2/h7-15,17,22-25H,5-6H2,1-4H3/t17?,22-,23-,24+,25+,30?/m1/s1. The quantitative estimate of drug-likeness (QED) is 0.428. The SMILES string of the molecule is CCOc1ccccc1N1C(=O)[C@@H]2C3C=C(C)C(C)([C@@H]2C1=O)[C@@H]1C(=O)N(c2ccccc2OCC)C(=O)[C@H]31. The molecular formula is C30H30N2O6. The van der Waals surface area contributed by atoms with Crippen LogP contribution in [0.25, 0.3) is 0 Å². The van der Waals surface area contributed by atoms with Crippen LogP contribution in [0.1, 0.15) is 27.7 Å². The first-order valence-corrected chi connectivity index (χ1v) is 13.2. The van der Waals surface area contributed by atoms with Gasteiger partial charge in [0.1, 0.15) is 11.5 Å². The van der Waals surface area contributed by atoms with Crippen molar-refractivity contribution >= 4 is 35.0 Å². The molecule has 8 nitrogen and oxygen atoms in total. The molecule has 7 rings (SSSR count). The minimum Gasteiger partial charge on any atom is -0.492 e. The van der Waals surface area contributed by atoms with Crippen molar-refractivity contribution in [1.82, 2.24) is 0 Å². The first-order chi connectivity index (χ1) is 18.3. The third-order valence-electron chi connectivity index (χ3n) is 8.93. The topological polar surface area (TPSA) is 93.2 Å². The van der Waals surface area contributed by atoms with E-state index < -0.39 is 35.0 Å². The lowest BCUT2D eigenvalue weighted by Crippen LogP contribution is -2.58. The van der Waals surface area contributed by atoms with Gasteiger partial charge in [-0.1, -0.05) is 42.8 Å². The average Bonchev–Trinajstić information content (AvgIpc) is 3.33. The van der Waals surface area contributed by atoms with Gasteiger partial charge in [-0.15, -0.1) is 0 Å². The molecule has 3 aliphatic carbocycles. The highest BCUT2D eigenvalue weighted by Gasteiger charge is 2.74. The Morgan fingerprint density at radius 1 is 0.711 bits per heavy atom. The molecule has 2 aliphatic heterocycles. The van der Waals surface area contributed by atoms with Gasteiger partial charge < -0.3 is 9.47 Å². The van der Waals surface area contributed by atoms with Gasteiger partial charge in [0.25, 0.3) is 0 Å². The van der Waals surface area contributed by atoms with Gasteiger partial charge in [-0.05, 0) is 45.0 Å². The Bertz CT molecular complexity index is 1320. The van der Waals surface area contributed by atoms with E-state index in [9.17, 15) is 19.2 Å². The molecule has 8 heteroatoms. The van der Waals surface area contributed by atoms with Crippen molar-refractivity contribution < 1.29 is 28.7 Å². The van der Waals surface area contributed by atoms with Crippen LogP contribution in [0.5, 0.6) is 11.5 Å². The van der Waals surface area contributed by atoms with Crippen molar-refractivity contribution in [3.05, 3.63) is 60.2 Å². The van der Waals surface area contributed by atoms with E-state index in [1.807, 2.05) is 33.8 Å². The number of rotatable bonds is 6. The predicted molar refractivity (Wildman–Crippen MR) is 140 cm³/mol. The maximum atomic E-state index is 14.1. The van der Waals surface area contributed by atoms with E-state index in [1.165, 1.54) is 9.80 Å². The number of para-hydroxylation sites is 4. The Hall–Kier alpha value is -3.94. The Labute approximate surface area is 221 Å². The molecular weight excluding hydrogens is 484 g/mol. The van der Waals surface area contributed by atoms with Crippen molar-refractivity contribution in [2.24, 2.45) is 35.0 Å². The van der Waals surface area contributed by atoms with Crippen LogP contribution in [0, 0.1) is 35.0 Å². The van der Waals surface area contributed by atoms with Gasteiger partial charge >= 0.3 is 0 Å². The molecule has 196 valence electrons. The molecule has 0 aromatic heterocycles. The minimum absolute atomic E-state index is 0.348. The van der Waals surface area contributed by atoms with Crippen molar-refractivity contribution in [3.63, 3.8) is 0 Å². The second-order valence-corrected chi connectivity index (χ2v) is 10.5. The van der Waals surface area contributed by atoms with Crippen LogP contribution >= 0.6 is 0 Å². The number of nitrogens with zero attached hydrogens (tertiary/aromatic N) is 2. The summed E-state index contributed by atoms with van der Waals surface area (Å²) in [6.45, 7) is 8.22. The van der Waals surface area contributed by atoms with Crippen LogP contribution in [0.4, 0.5) is 11.4 Å². The fourth-order valence-corrected chi connectivity index (χ4v) is 7.32. The number of anilines is 2. The van der Waals surface area contributed by atoms with Crippen molar-refractivity contribution in [2.45, 2.75) is 27.7 Å². The van der Waals surface area contributed by atoms with E-state index in [-0.39, 0.29) is 23.6 Å². The van der Waals surface area contributed by atoms with E-state index in [2.05, 4.69) is 0 Å². The summed E-state index contributed by atoms with van der Waals surface area (Å²) >= 11 is 0. The normalized spacial score (nSPS) is 31.5. The lowest BCUT2D eigenvalue weighted by atomic mass is 9.45. The molecule has 38 heavy (non-hydrogen) atoms. The first kappa shape index (κ1) is 24.4. The van der Waals surface area contributed by atoms with Crippen molar-refractivity contribution in [3.8, 4) is 11.5 Å². The molecule has 2 heterocycles. The van der Waals surface area contributed by atoms with Crippen LogP contribution in [-0.2, 0) is 19.2 Å². The number of carbonyl (C=O) groups excluding carboxylic acids is 4. The number of allylic oxidation sites excluding steroid dienone is 2. The zero-order valence-electron chi connectivity index (χ0n) is 21.8. The Morgan fingerprint density at radius 2 is 1.13 bits per heavy atom. The molecule has 2 aromatic carbocycles. The molecule has 4 atom stereocenters. The van der Waals surface area contributed by atoms with Gasteiger partial charge in [-0.3, -0.25) is 19.2 Å². The number of hydrogen-bond acceptors (Lipinski definition) is 6. The molecule has 0 N–H and O–H groups in total. The van der Waals surface area contributed by atoms with Crippen molar-refractivity contribution in [1.29, 1.82) is 0 Å². The number of amides is 4. The minimum atomic E-state index is -0.992. The summed E-state index contributed by atoms with van der Waals surface area (Å²) in [6.07, 6.45) is 1.95.